The van der Waals surface area contributed by atoms with E-state index < -0.39 is 0 Å². The predicted molar refractivity (Wildman–Crippen MR) is 52.8 cm³/mol. The highest BCUT2D eigenvalue weighted by atomic mass is 16.3. The molecule has 0 heterocycles. The van der Waals surface area contributed by atoms with Gasteiger partial charge in [-0.05, 0) is 25.5 Å². The van der Waals surface area contributed by atoms with Crippen LogP contribution in [0, 0.1) is 0 Å². The van der Waals surface area contributed by atoms with Crippen molar-refractivity contribution in [3.05, 3.63) is 30.3 Å². The van der Waals surface area contributed by atoms with Gasteiger partial charge in [0.05, 0.1) is 6.10 Å². The van der Waals surface area contributed by atoms with Gasteiger partial charge in [0, 0.05) is 5.69 Å². The summed E-state index contributed by atoms with van der Waals surface area (Å²) in [6, 6.07) is 9.49. The molecule has 0 aliphatic rings. The third-order valence-corrected chi connectivity index (χ3v) is 1.39. The number of anilines is 1. The van der Waals surface area contributed by atoms with E-state index in [0.717, 1.165) is 12.1 Å². The summed E-state index contributed by atoms with van der Waals surface area (Å²) in [7, 11) is 0. The van der Waals surface area contributed by atoms with E-state index in [4.69, 9.17) is 10.8 Å². The molecule has 0 amide bonds. The number of nitrogens with two attached hydrogens (primary N) is 1. The molecule has 0 aliphatic heterocycles. The third-order valence-electron chi connectivity index (χ3n) is 1.39. The maximum absolute atomic E-state index is 8.36. The predicted octanol–water partition coefficient (Wildman–Crippen LogP) is 2.05. The molecule has 12 heavy (non-hydrogen) atoms. The van der Waals surface area contributed by atoms with Crippen LogP contribution in [-0.4, -0.2) is 11.2 Å². The molecule has 1 unspecified atom stereocenters. The first-order valence-corrected chi connectivity index (χ1v) is 4.15. The van der Waals surface area contributed by atoms with E-state index in [1.165, 1.54) is 0 Å². The Morgan fingerprint density at radius 1 is 1.33 bits per heavy atom. The van der Waals surface area contributed by atoms with Gasteiger partial charge < -0.3 is 10.8 Å². The first-order valence-electron chi connectivity index (χ1n) is 4.15. The molecule has 0 bridgehead atoms. The molecule has 1 atom stereocenters. The Morgan fingerprint density at radius 2 is 1.75 bits per heavy atom. The van der Waals surface area contributed by atoms with E-state index in [1.807, 2.05) is 37.3 Å². The van der Waals surface area contributed by atoms with Gasteiger partial charge in [0.15, 0.2) is 0 Å². The minimum atomic E-state index is -0.116. The average Bonchev–Trinajstić information content (AvgIpc) is 2.07. The van der Waals surface area contributed by atoms with Crippen LogP contribution in [0.5, 0.6) is 0 Å². The maximum atomic E-state index is 8.36. The molecule has 1 aromatic rings. The van der Waals surface area contributed by atoms with Crippen LogP contribution in [0.1, 0.15) is 20.3 Å². The van der Waals surface area contributed by atoms with Crippen molar-refractivity contribution >= 4 is 5.69 Å². The van der Waals surface area contributed by atoms with Crippen LogP contribution in [-0.2, 0) is 0 Å². The Kier molecular flexibility index (Phi) is 6.11. The molecule has 3 N–H and O–H groups in total. The van der Waals surface area contributed by atoms with E-state index in [9.17, 15) is 0 Å². The lowest BCUT2D eigenvalue weighted by molar-refractivity contribution is 0.191. The molecule has 2 nitrogen and oxygen atoms in total. The molecule has 2 heteroatoms. The molecule has 68 valence electrons. The Hall–Kier alpha value is -1.02. The van der Waals surface area contributed by atoms with Crippen LogP contribution >= 0.6 is 0 Å². The Bertz CT molecular complexity index is 184. The number of nitrogen functional groups attached to an aromatic ring is 1. The largest absolute Gasteiger partial charge is 0.399 e. The highest BCUT2D eigenvalue weighted by Crippen LogP contribution is 1.95. The van der Waals surface area contributed by atoms with Crippen LogP contribution in [0.4, 0.5) is 5.69 Å². The molecule has 1 aromatic carbocycles. The van der Waals surface area contributed by atoms with E-state index in [-0.39, 0.29) is 6.10 Å². The average molecular weight is 167 g/mol. The number of aliphatic hydroxyl groups excluding tert-OH is 1. The number of hydrogen-bond donors (Lipinski definition) is 2. The van der Waals surface area contributed by atoms with Crippen molar-refractivity contribution in [2.75, 3.05) is 5.73 Å². The normalized spacial score (nSPS) is 11.2. The topological polar surface area (TPSA) is 46.2 Å². The fraction of sp³-hybridized carbons (Fsp3) is 0.400. The summed E-state index contributed by atoms with van der Waals surface area (Å²) in [4.78, 5) is 0. The van der Waals surface area contributed by atoms with E-state index >= 15 is 0 Å². The molecule has 0 radical (unpaired) electrons. The van der Waals surface area contributed by atoms with Crippen LogP contribution in [0.2, 0.25) is 0 Å². The van der Waals surface area contributed by atoms with Gasteiger partial charge >= 0.3 is 0 Å². The van der Waals surface area contributed by atoms with Gasteiger partial charge in [0.1, 0.15) is 0 Å². The van der Waals surface area contributed by atoms with Crippen LogP contribution in [0.15, 0.2) is 30.3 Å². The SMILES string of the molecule is CCC(C)O.Nc1ccccc1. The van der Waals surface area contributed by atoms with Crippen LogP contribution in [0.3, 0.4) is 0 Å². The highest BCUT2D eigenvalue weighted by molar-refractivity contribution is 5.35. The Labute approximate surface area is 74.0 Å². The zero-order valence-electron chi connectivity index (χ0n) is 7.70. The fourth-order valence-electron chi connectivity index (χ4n) is 0.453. The van der Waals surface area contributed by atoms with Crippen LogP contribution in [0.25, 0.3) is 0 Å². The molecule has 0 fully saturated rings. The monoisotopic (exact) mass is 167 g/mol. The minimum absolute atomic E-state index is 0.116. The van der Waals surface area contributed by atoms with E-state index in [1.54, 1.807) is 6.92 Å². The summed E-state index contributed by atoms with van der Waals surface area (Å²) in [6.07, 6.45) is 0.745. The van der Waals surface area contributed by atoms with Crippen molar-refractivity contribution in [2.45, 2.75) is 26.4 Å². The first-order chi connectivity index (χ1) is 5.66. The fourth-order valence-corrected chi connectivity index (χ4v) is 0.453. The molecule has 0 aromatic heterocycles. The highest BCUT2D eigenvalue weighted by Gasteiger charge is 1.81. The van der Waals surface area contributed by atoms with Gasteiger partial charge in [-0.15, -0.1) is 0 Å². The summed E-state index contributed by atoms with van der Waals surface area (Å²) in [5, 5.41) is 8.36. The lowest BCUT2D eigenvalue weighted by atomic mass is 10.3. The number of hydrogen-bond acceptors (Lipinski definition) is 2. The first kappa shape index (κ1) is 11.0. The Morgan fingerprint density at radius 3 is 1.92 bits per heavy atom. The van der Waals surface area contributed by atoms with Gasteiger partial charge in [-0.1, -0.05) is 25.1 Å². The number of rotatable bonds is 1. The molecule has 0 saturated carbocycles. The summed E-state index contributed by atoms with van der Waals surface area (Å²) < 4.78 is 0. The van der Waals surface area contributed by atoms with Crippen LogP contribution < -0.4 is 5.73 Å². The molecule has 1 rings (SSSR count). The quantitative estimate of drug-likeness (QED) is 0.629. The number of benzene rings is 1. The standard InChI is InChI=1S/C6H7N.C4H10O/c7-6-4-2-1-3-5-6;1-3-4(2)5/h1-5H,7H2;4-5H,3H2,1-2H3. The van der Waals surface area contributed by atoms with Crippen molar-refractivity contribution in [1.29, 1.82) is 0 Å². The molecule has 0 saturated heterocycles. The number of para-hydroxylation sites is 1. The summed E-state index contributed by atoms with van der Waals surface area (Å²) in [6.45, 7) is 3.73. The lowest BCUT2D eigenvalue weighted by Crippen LogP contribution is -1.93. The van der Waals surface area contributed by atoms with Gasteiger partial charge in [-0.25, -0.2) is 0 Å². The molecular formula is C10H17NO. The minimum Gasteiger partial charge on any atom is -0.399 e. The van der Waals surface area contributed by atoms with Crippen molar-refractivity contribution in [3.8, 4) is 0 Å². The molecular weight excluding hydrogens is 150 g/mol. The van der Waals surface area contributed by atoms with Gasteiger partial charge in [-0.2, -0.15) is 0 Å². The summed E-state index contributed by atoms with van der Waals surface area (Å²) >= 11 is 0. The summed E-state index contributed by atoms with van der Waals surface area (Å²) in [5.41, 5.74) is 6.18. The molecule has 0 aliphatic carbocycles. The maximum Gasteiger partial charge on any atom is 0.0509 e. The van der Waals surface area contributed by atoms with Crippen molar-refractivity contribution in [2.24, 2.45) is 0 Å². The number of aliphatic hydroxyl groups is 1. The second-order valence-corrected chi connectivity index (χ2v) is 2.67. The molecule has 0 spiro atoms. The van der Waals surface area contributed by atoms with E-state index in [2.05, 4.69) is 0 Å². The zero-order chi connectivity index (χ0) is 9.40. The van der Waals surface area contributed by atoms with E-state index in [0.29, 0.717) is 0 Å². The van der Waals surface area contributed by atoms with Gasteiger partial charge in [-0.3, -0.25) is 0 Å². The van der Waals surface area contributed by atoms with Crippen molar-refractivity contribution in [1.82, 2.24) is 0 Å². The summed E-state index contributed by atoms with van der Waals surface area (Å²) in [5.74, 6) is 0. The van der Waals surface area contributed by atoms with Gasteiger partial charge in [0.2, 0.25) is 0 Å². The van der Waals surface area contributed by atoms with Crippen molar-refractivity contribution < 1.29 is 5.11 Å². The van der Waals surface area contributed by atoms with Crippen molar-refractivity contribution in [3.63, 3.8) is 0 Å². The lowest BCUT2D eigenvalue weighted by Gasteiger charge is -1.90. The second-order valence-electron chi connectivity index (χ2n) is 2.67. The Balaban J connectivity index is 0.000000217. The van der Waals surface area contributed by atoms with Gasteiger partial charge in [0.25, 0.3) is 0 Å². The zero-order valence-corrected chi connectivity index (χ0v) is 7.70. The smallest absolute Gasteiger partial charge is 0.0509 e. The third kappa shape index (κ3) is 7.09. The second kappa shape index (κ2) is 6.68.